The van der Waals surface area contributed by atoms with E-state index in [9.17, 15) is 19.2 Å². The summed E-state index contributed by atoms with van der Waals surface area (Å²) in [6.07, 6.45) is 3.28. The lowest BCUT2D eigenvalue weighted by Gasteiger charge is -2.29. The second-order valence-electron chi connectivity index (χ2n) is 8.60. The minimum absolute atomic E-state index is 0.0187. The molecule has 0 spiro atoms. The number of aromatic nitrogens is 4. The molecule has 3 atom stereocenters. The Hall–Kier alpha value is -4.03. The Balaban J connectivity index is 1.65. The Labute approximate surface area is 208 Å². The van der Waals surface area contributed by atoms with Crippen LogP contribution in [0.5, 0.6) is 0 Å². The predicted molar refractivity (Wildman–Crippen MR) is 127 cm³/mol. The zero-order chi connectivity index (χ0) is 25.8. The summed E-state index contributed by atoms with van der Waals surface area (Å²) in [7, 11) is 0. The molecule has 4 N–H and O–H groups in total. The Kier molecular flexibility index (Phi) is 10.2. The Morgan fingerprint density at radius 3 is 2.75 bits per heavy atom. The average molecular weight is 498 g/mol. The Bertz CT molecular complexity index is 1020. The minimum Gasteiger partial charge on any atom is -0.345 e. The minimum atomic E-state index is -0.972. The van der Waals surface area contributed by atoms with E-state index in [0.717, 1.165) is 5.56 Å². The van der Waals surface area contributed by atoms with E-state index in [-0.39, 0.29) is 31.1 Å². The summed E-state index contributed by atoms with van der Waals surface area (Å²) in [6.45, 7) is 0.624. The molecule has 0 aliphatic carbocycles. The lowest BCUT2D eigenvalue weighted by molar-refractivity contribution is -0.141. The van der Waals surface area contributed by atoms with Gasteiger partial charge >= 0.3 is 0 Å². The van der Waals surface area contributed by atoms with Gasteiger partial charge in [0.05, 0.1) is 12.6 Å². The van der Waals surface area contributed by atoms with Crippen LogP contribution in [0.4, 0.5) is 0 Å². The Morgan fingerprint density at radius 1 is 1.25 bits per heavy atom. The van der Waals surface area contributed by atoms with Crippen molar-refractivity contribution in [1.29, 1.82) is 5.53 Å². The first-order valence-electron chi connectivity index (χ1n) is 12.0. The normalized spacial score (nSPS) is 16.7. The number of aromatic amines is 1. The van der Waals surface area contributed by atoms with Crippen LogP contribution in [0, 0.1) is 5.53 Å². The number of carbonyl (C=O) groups is 4. The summed E-state index contributed by atoms with van der Waals surface area (Å²) >= 11 is 0. The SMILES string of the molecule is N=NCCCC(C=O)NC(=O)C1CCCN1C(=O)C(Cc1nn[nH]n1)NC(=O)CCc1ccccc1. The molecule has 2 aromatic rings. The van der Waals surface area contributed by atoms with Gasteiger partial charge < -0.3 is 20.3 Å². The van der Waals surface area contributed by atoms with Crippen LogP contribution in [-0.4, -0.2) is 80.7 Å². The zero-order valence-electron chi connectivity index (χ0n) is 19.9. The van der Waals surface area contributed by atoms with Crippen molar-refractivity contribution in [2.24, 2.45) is 5.11 Å². The molecule has 1 aromatic heterocycles. The van der Waals surface area contributed by atoms with Gasteiger partial charge in [-0.25, -0.2) is 5.53 Å². The quantitative estimate of drug-likeness (QED) is 0.165. The number of carbonyl (C=O) groups excluding carboxylic acids is 4. The standard InChI is InChI=1S/C23H31N9O4/c24-25-12-4-8-17(15-33)26-22(35)19-9-5-13-32(19)23(36)18(14-20-28-30-31-29-20)27-21(34)11-10-16-6-2-1-3-7-16/h1-3,6-7,15,17-19,24H,4-5,8-14H2,(H,26,35)(H,27,34)(H,28,29,30,31). The highest BCUT2D eigenvalue weighted by Gasteiger charge is 2.38. The smallest absolute Gasteiger partial charge is 0.246 e. The van der Waals surface area contributed by atoms with E-state index in [4.69, 9.17) is 5.53 Å². The van der Waals surface area contributed by atoms with E-state index in [1.165, 1.54) is 4.90 Å². The van der Waals surface area contributed by atoms with Crippen LogP contribution in [0.2, 0.25) is 0 Å². The molecule has 36 heavy (non-hydrogen) atoms. The number of hydrogen-bond donors (Lipinski definition) is 4. The van der Waals surface area contributed by atoms with Crippen LogP contribution in [0.15, 0.2) is 35.4 Å². The van der Waals surface area contributed by atoms with Gasteiger partial charge in [-0.2, -0.15) is 10.3 Å². The fourth-order valence-corrected chi connectivity index (χ4v) is 4.17. The summed E-state index contributed by atoms with van der Waals surface area (Å²) in [4.78, 5) is 52.0. The highest BCUT2D eigenvalue weighted by atomic mass is 16.2. The molecule has 1 aliphatic heterocycles. The molecule has 0 radical (unpaired) electrons. The molecule has 13 heteroatoms. The lowest BCUT2D eigenvalue weighted by atomic mass is 10.1. The lowest BCUT2D eigenvalue weighted by Crippen LogP contribution is -2.55. The third-order valence-electron chi connectivity index (χ3n) is 6.01. The van der Waals surface area contributed by atoms with Gasteiger partial charge in [-0.1, -0.05) is 35.5 Å². The molecule has 13 nitrogen and oxygen atoms in total. The second kappa shape index (κ2) is 13.8. The highest BCUT2D eigenvalue weighted by Crippen LogP contribution is 2.20. The molecule has 2 heterocycles. The second-order valence-corrected chi connectivity index (χ2v) is 8.60. The van der Waals surface area contributed by atoms with Gasteiger partial charge in [-0.15, -0.1) is 10.2 Å². The predicted octanol–water partition coefficient (Wildman–Crippen LogP) is 0.346. The average Bonchev–Trinajstić information content (AvgIpc) is 3.59. The van der Waals surface area contributed by atoms with Crippen LogP contribution in [0.3, 0.4) is 0 Å². The van der Waals surface area contributed by atoms with E-state index in [1.807, 2.05) is 30.3 Å². The first-order valence-corrected chi connectivity index (χ1v) is 12.0. The van der Waals surface area contributed by atoms with Gasteiger partial charge in [0, 0.05) is 19.4 Å². The fraction of sp³-hybridized carbons (Fsp3) is 0.522. The third-order valence-corrected chi connectivity index (χ3v) is 6.01. The van der Waals surface area contributed by atoms with Gasteiger partial charge in [0.2, 0.25) is 17.7 Å². The maximum atomic E-state index is 13.5. The Morgan fingerprint density at radius 2 is 2.06 bits per heavy atom. The van der Waals surface area contributed by atoms with E-state index >= 15 is 0 Å². The van der Waals surface area contributed by atoms with Crippen molar-refractivity contribution in [3.05, 3.63) is 41.7 Å². The topological polar surface area (TPSA) is 186 Å². The summed E-state index contributed by atoms with van der Waals surface area (Å²) < 4.78 is 0. The molecule has 1 fully saturated rings. The molecule has 1 aliphatic rings. The number of amides is 3. The number of aldehydes is 1. The van der Waals surface area contributed by atoms with Gasteiger partial charge in [0.15, 0.2) is 5.82 Å². The van der Waals surface area contributed by atoms with Crippen LogP contribution in [-0.2, 0) is 32.0 Å². The van der Waals surface area contributed by atoms with Gasteiger partial charge in [0.25, 0.3) is 0 Å². The van der Waals surface area contributed by atoms with E-state index < -0.39 is 29.9 Å². The largest absolute Gasteiger partial charge is 0.345 e. The van der Waals surface area contributed by atoms with Crippen LogP contribution in [0.1, 0.15) is 43.5 Å². The van der Waals surface area contributed by atoms with Crippen molar-refractivity contribution >= 4 is 24.0 Å². The number of aryl methyl sites for hydroxylation is 1. The third kappa shape index (κ3) is 7.75. The number of hydrogen-bond acceptors (Lipinski definition) is 9. The van der Waals surface area contributed by atoms with Gasteiger partial charge in [-0.05, 0) is 37.7 Å². The molecule has 0 bridgehead atoms. The van der Waals surface area contributed by atoms with Crippen LogP contribution < -0.4 is 10.6 Å². The van der Waals surface area contributed by atoms with Crippen LogP contribution in [0.25, 0.3) is 0 Å². The monoisotopic (exact) mass is 497 g/mol. The molecule has 1 saturated heterocycles. The van der Waals surface area contributed by atoms with Gasteiger partial charge in [-0.3, -0.25) is 14.4 Å². The van der Waals surface area contributed by atoms with Crippen molar-refractivity contribution in [3.63, 3.8) is 0 Å². The number of rotatable bonds is 14. The molecular formula is C23H31N9O4. The number of H-pyrrole nitrogens is 1. The number of benzene rings is 1. The van der Waals surface area contributed by atoms with E-state index in [2.05, 4.69) is 36.4 Å². The van der Waals surface area contributed by atoms with Crippen molar-refractivity contribution < 1.29 is 19.2 Å². The summed E-state index contributed by atoms with van der Waals surface area (Å²) in [5, 5.41) is 22.4. The number of nitrogens with zero attached hydrogens (tertiary/aromatic N) is 5. The zero-order valence-corrected chi connectivity index (χ0v) is 19.9. The van der Waals surface area contributed by atoms with Crippen molar-refractivity contribution in [1.82, 2.24) is 36.2 Å². The number of nitrogens with one attached hydrogen (secondary N) is 4. The molecule has 1 aromatic carbocycles. The first-order chi connectivity index (χ1) is 17.5. The first kappa shape index (κ1) is 26.6. The number of likely N-dealkylation sites (tertiary alicyclic amines) is 1. The molecular weight excluding hydrogens is 466 g/mol. The van der Waals surface area contributed by atoms with Crippen molar-refractivity contribution in [2.45, 2.75) is 63.1 Å². The van der Waals surface area contributed by atoms with Crippen molar-refractivity contribution in [2.75, 3.05) is 13.1 Å². The molecule has 0 saturated carbocycles. The highest BCUT2D eigenvalue weighted by molar-refractivity contribution is 5.93. The molecule has 192 valence electrons. The van der Waals surface area contributed by atoms with Gasteiger partial charge in [0.1, 0.15) is 18.4 Å². The molecule has 3 unspecified atom stereocenters. The summed E-state index contributed by atoms with van der Waals surface area (Å²) in [5.41, 5.74) is 7.85. The van der Waals surface area contributed by atoms with Crippen molar-refractivity contribution in [3.8, 4) is 0 Å². The maximum Gasteiger partial charge on any atom is 0.246 e. The summed E-state index contributed by atoms with van der Waals surface area (Å²) in [5.74, 6) is -0.880. The van der Waals surface area contributed by atoms with E-state index in [0.29, 0.717) is 44.9 Å². The van der Waals surface area contributed by atoms with Crippen LogP contribution >= 0.6 is 0 Å². The maximum absolute atomic E-state index is 13.5. The molecule has 3 rings (SSSR count). The number of tetrazole rings is 1. The fourth-order valence-electron chi connectivity index (χ4n) is 4.17. The molecule has 3 amide bonds. The summed E-state index contributed by atoms with van der Waals surface area (Å²) in [6, 6.07) is 7.10. The van der Waals surface area contributed by atoms with E-state index in [1.54, 1.807) is 0 Å².